The van der Waals surface area contributed by atoms with E-state index in [0.29, 0.717) is 4.47 Å². The molecule has 0 saturated heterocycles. The van der Waals surface area contributed by atoms with Gasteiger partial charge in [0.2, 0.25) is 0 Å². The van der Waals surface area contributed by atoms with Crippen LogP contribution >= 0.6 is 26.6 Å². The van der Waals surface area contributed by atoms with Crippen molar-refractivity contribution in [2.75, 3.05) is 18.6 Å². The average molecular weight is 405 g/mol. The van der Waals surface area contributed by atoms with Gasteiger partial charge < -0.3 is 5.32 Å². The molecule has 10 heteroatoms. The molecule has 6 nitrogen and oxygen atoms in total. The fourth-order valence-corrected chi connectivity index (χ4v) is 2.95. The Labute approximate surface area is 130 Å². The van der Waals surface area contributed by atoms with Crippen LogP contribution in [0.5, 0.6) is 0 Å². The van der Waals surface area contributed by atoms with E-state index in [2.05, 4.69) is 21.2 Å². The predicted octanol–water partition coefficient (Wildman–Crippen LogP) is 1.15. The Balaban J connectivity index is 2.93. The number of rotatable bonds is 5. The second-order valence-electron chi connectivity index (χ2n) is 3.97. The first-order valence-electron chi connectivity index (χ1n) is 5.21. The Morgan fingerprint density at radius 2 is 1.90 bits per heavy atom. The summed E-state index contributed by atoms with van der Waals surface area (Å²) in [4.78, 5) is 11.6. The lowest BCUT2D eigenvalue weighted by Crippen LogP contribution is -2.29. The Kier molecular flexibility index (Phi) is 5.59. The molecule has 112 valence electrons. The maximum absolute atomic E-state index is 11.9. The number of hydrogen-bond donors (Lipinski definition) is 1. The maximum Gasteiger partial charge on any atom is 0.261 e. The minimum atomic E-state index is -3.94. The quantitative estimate of drug-likeness (QED) is 0.743. The van der Waals surface area contributed by atoms with E-state index in [1.165, 1.54) is 12.1 Å². The number of halogens is 2. The lowest BCUT2D eigenvalue weighted by Gasteiger charge is -2.07. The molecule has 1 amide bonds. The molecule has 0 radical (unpaired) electrons. The van der Waals surface area contributed by atoms with Crippen molar-refractivity contribution in [1.82, 2.24) is 5.32 Å². The first-order valence-corrected chi connectivity index (χ1v) is 10.4. The van der Waals surface area contributed by atoms with Gasteiger partial charge in [-0.15, -0.1) is 0 Å². The number of benzene rings is 1. The SMILES string of the molecule is CS(=O)(=O)CCNC(=O)c1cc(S(=O)(=O)Cl)ccc1Br. The molecule has 0 unspecified atom stereocenters. The highest BCUT2D eigenvalue weighted by Gasteiger charge is 2.16. The minimum Gasteiger partial charge on any atom is -0.351 e. The molecule has 0 heterocycles. The number of carbonyl (C=O) groups is 1. The lowest BCUT2D eigenvalue weighted by atomic mass is 10.2. The van der Waals surface area contributed by atoms with Crippen molar-refractivity contribution in [3.8, 4) is 0 Å². The largest absolute Gasteiger partial charge is 0.351 e. The van der Waals surface area contributed by atoms with Crippen molar-refractivity contribution in [3.63, 3.8) is 0 Å². The van der Waals surface area contributed by atoms with E-state index in [4.69, 9.17) is 10.7 Å². The van der Waals surface area contributed by atoms with Gasteiger partial charge in [0.05, 0.1) is 16.2 Å². The Morgan fingerprint density at radius 3 is 2.40 bits per heavy atom. The molecule has 0 fully saturated rings. The molecule has 1 aromatic carbocycles. The van der Waals surface area contributed by atoms with Gasteiger partial charge in [-0.1, -0.05) is 0 Å². The molecule has 1 aromatic rings. The summed E-state index contributed by atoms with van der Waals surface area (Å²) in [6, 6.07) is 3.74. The molecule has 20 heavy (non-hydrogen) atoms. The van der Waals surface area contributed by atoms with Gasteiger partial charge >= 0.3 is 0 Å². The van der Waals surface area contributed by atoms with Gasteiger partial charge in [-0.25, -0.2) is 16.8 Å². The van der Waals surface area contributed by atoms with Crippen molar-refractivity contribution in [2.24, 2.45) is 0 Å². The zero-order valence-electron chi connectivity index (χ0n) is 10.3. The minimum absolute atomic E-state index is 0.0558. The number of amides is 1. The fraction of sp³-hybridized carbons (Fsp3) is 0.300. The smallest absolute Gasteiger partial charge is 0.261 e. The topological polar surface area (TPSA) is 97.4 Å². The highest BCUT2D eigenvalue weighted by Crippen LogP contribution is 2.23. The third-order valence-corrected chi connectivity index (χ3v) is 5.21. The molecular weight excluding hydrogens is 394 g/mol. The van der Waals surface area contributed by atoms with Crippen LogP contribution < -0.4 is 5.32 Å². The second-order valence-corrected chi connectivity index (χ2v) is 9.65. The third-order valence-electron chi connectivity index (χ3n) is 2.22. The third kappa shape index (κ3) is 5.39. The molecule has 0 saturated carbocycles. The second kappa shape index (κ2) is 6.42. The molecule has 0 aliphatic heterocycles. The summed E-state index contributed by atoms with van der Waals surface area (Å²) in [5.74, 6) is -0.799. The number of hydrogen-bond acceptors (Lipinski definition) is 5. The Bertz CT molecular complexity index is 730. The van der Waals surface area contributed by atoms with Gasteiger partial charge in [-0.3, -0.25) is 4.79 Å². The number of sulfone groups is 1. The molecule has 0 aliphatic carbocycles. The van der Waals surface area contributed by atoms with Crippen molar-refractivity contribution in [3.05, 3.63) is 28.2 Å². The summed E-state index contributed by atoms with van der Waals surface area (Å²) in [5.41, 5.74) is 0.0558. The van der Waals surface area contributed by atoms with Crippen LogP contribution in [0.1, 0.15) is 10.4 Å². The van der Waals surface area contributed by atoms with Crippen LogP contribution in [-0.4, -0.2) is 41.3 Å². The normalized spacial score (nSPS) is 12.2. The first kappa shape index (κ1) is 17.4. The van der Waals surface area contributed by atoms with Crippen LogP contribution in [0.2, 0.25) is 0 Å². The van der Waals surface area contributed by atoms with E-state index in [1.54, 1.807) is 0 Å². The van der Waals surface area contributed by atoms with Crippen molar-refractivity contribution < 1.29 is 21.6 Å². The summed E-state index contributed by atoms with van der Waals surface area (Å²) >= 11 is 3.11. The summed E-state index contributed by atoms with van der Waals surface area (Å²) < 4.78 is 44.7. The van der Waals surface area contributed by atoms with E-state index in [1.807, 2.05) is 0 Å². The predicted molar refractivity (Wildman–Crippen MR) is 79.2 cm³/mol. The van der Waals surface area contributed by atoms with E-state index in [-0.39, 0.29) is 22.8 Å². The zero-order valence-corrected chi connectivity index (χ0v) is 14.2. The molecule has 1 N–H and O–H groups in total. The maximum atomic E-state index is 11.9. The van der Waals surface area contributed by atoms with E-state index in [9.17, 15) is 21.6 Å². The van der Waals surface area contributed by atoms with Crippen LogP contribution in [-0.2, 0) is 18.9 Å². The monoisotopic (exact) mass is 403 g/mol. The summed E-state index contributed by atoms with van der Waals surface area (Å²) in [5, 5.41) is 2.39. The van der Waals surface area contributed by atoms with Gasteiger partial charge in [0.1, 0.15) is 9.84 Å². The molecule has 0 aromatic heterocycles. The van der Waals surface area contributed by atoms with E-state index >= 15 is 0 Å². The highest BCUT2D eigenvalue weighted by atomic mass is 79.9. The van der Waals surface area contributed by atoms with Crippen LogP contribution in [0, 0.1) is 0 Å². The first-order chi connectivity index (χ1) is 9.00. The van der Waals surface area contributed by atoms with Gasteiger partial charge in [-0.2, -0.15) is 0 Å². The summed E-state index contributed by atoms with van der Waals surface area (Å²) in [6.07, 6.45) is 1.05. The summed E-state index contributed by atoms with van der Waals surface area (Å²) in [6.45, 7) is -0.0675. The average Bonchev–Trinajstić information content (AvgIpc) is 2.25. The van der Waals surface area contributed by atoms with Crippen LogP contribution in [0.15, 0.2) is 27.6 Å². The van der Waals surface area contributed by atoms with Crippen molar-refractivity contribution in [1.29, 1.82) is 0 Å². The molecule has 0 spiro atoms. The van der Waals surface area contributed by atoms with Crippen molar-refractivity contribution in [2.45, 2.75) is 4.90 Å². The van der Waals surface area contributed by atoms with E-state index in [0.717, 1.165) is 12.3 Å². The molecule has 0 aliphatic rings. The number of nitrogens with one attached hydrogen (secondary N) is 1. The molecular formula is C10H11BrClNO5S2. The Morgan fingerprint density at radius 1 is 1.30 bits per heavy atom. The van der Waals surface area contributed by atoms with Crippen LogP contribution in [0.3, 0.4) is 0 Å². The van der Waals surface area contributed by atoms with E-state index < -0.39 is 24.8 Å². The van der Waals surface area contributed by atoms with Crippen molar-refractivity contribution >= 4 is 51.4 Å². The molecule has 1 rings (SSSR count). The van der Waals surface area contributed by atoms with Crippen LogP contribution in [0.25, 0.3) is 0 Å². The fourth-order valence-electron chi connectivity index (χ4n) is 1.28. The zero-order chi connectivity index (χ0) is 15.6. The lowest BCUT2D eigenvalue weighted by molar-refractivity contribution is 0.0955. The van der Waals surface area contributed by atoms with Gasteiger partial charge in [0.15, 0.2) is 0 Å². The highest BCUT2D eigenvalue weighted by molar-refractivity contribution is 9.10. The number of carbonyl (C=O) groups excluding carboxylic acids is 1. The van der Waals surface area contributed by atoms with Gasteiger partial charge in [0.25, 0.3) is 15.0 Å². The van der Waals surface area contributed by atoms with Gasteiger partial charge in [-0.05, 0) is 34.1 Å². The molecule has 0 bridgehead atoms. The summed E-state index contributed by atoms with van der Waals surface area (Å²) in [7, 11) is -1.93. The standard InChI is InChI=1S/C10H11BrClNO5S2/c1-19(15,16)5-4-13-10(14)8-6-7(20(12,17)18)2-3-9(8)11/h2-3,6H,4-5H2,1H3,(H,13,14). The van der Waals surface area contributed by atoms with Crippen LogP contribution in [0.4, 0.5) is 0 Å². The Hall–Kier alpha value is -0.640. The molecule has 0 atom stereocenters. The van der Waals surface area contributed by atoms with Gasteiger partial charge in [0, 0.05) is 28.0 Å².